The van der Waals surface area contributed by atoms with E-state index in [1.54, 1.807) is 0 Å². The lowest BCUT2D eigenvalue weighted by molar-refractivity contribution is 0.0956. The summed E-state index contributed by atoms with van der Waals surface area (Å²) in [6, 6.07) is 1.85. The second-order valence-corrected chi connectivity index (χ2v) is 6.08. The van der Waals surface area contributed by atoms with Gasteiger partial charge in [-0.25, -0.2) is 0 Å². The van der Waals surface area contributed by atoms with Gasteiger partial charge in [0.2, 0.25) is 0 Å². The smallest absolute Gasteiger partial charge is 0.261 e. The molecule has 1 aromatic rings. The summed E-state index contributed by atoms with van der Waals surface area (Å²) in [6.07, 6.45) is 3.35. The quantitative estimate of drug-likeness (QED) is 0.848. The van der Waals surface area contributed by atoms with Crippen molar-refractivity contribution in [3.05, 3.63) is 20.8 Å². The molecule has 94 valence electrons. The van der Waals surface area contributed by atoms with Gasteiger partial charge in [0.1, 0.15) is 0 Å². The fourth-order valence-corrected chi connectivity index (χ4v) is 3.27. The normalized spacial score (nSPS) is 19.5. The van der Waals surface area contributed by atoms with Gasteiger partial charge in [0.25, 0.3) is 5.91 Å². The number of carbonyl (C=O) groups excluding carboxylic acids is 1. The molecule has 1 aliphatic rings. The first-order valence-electron chi connectivity index (χ1n) is 5.85. The van der Waals surface area contributed by atoms with Gasteiger partial charge in [0.05, 0.1) is 4.88 Å². The van der Waals surface area contributed by atoms with Crippen molar-refractivity contribution >= 4 is 33.2 Å². The van der Waals surface area contributed by atoms with E-state index in [0.717, 1.165) is 42.0 Å². The molecule has 1 N–H and O–H groups in total. The number of hydrogen-bond donors (Lipinski definition) is 1. The van der Waals surface area contributed by atoms with Gasteiger partial charge < -0.3 is 10.1 Å². The molecule has 0 spiro atoms. The molecule has 0 radical (unpaired) electrons. The molecule has 1 saturated heterocycles. The number of hydrogen-bond acceptors (Lipinski definition) is 3. The van der Waals surface area contributed by atoms with Crippen LogP contribution in [0.2, 0.25) is 0 Å². The Morgan fingerprint density at radius 2 is 2.53 bits per heavy atom. The van der Waals surface area contributed by atoms with Crippen molar-refractivity contribution in [2.75, 3.05) is 19.8 Å². The molecular weight excluding hydrogens is 302 g/mol. The largest absolute Gasteiger partial charge is 0.381 e. The Morgan fingerprint density at radius 1 is 1.65 bits per heavy atom. The van der Waals surface area contributed by atoms with Crippen LogP contribution in [0.15, 0.2) is 15.9 Å². The molecule has 1 amide bonds. The topological polar surface area (TPSA) is 38.3 Å². The van der Waals surface area contributed by atoms with E-state index in [-0.39, 0.29) is 5.91 Å². The van der Waals surface area contributed by atoms with Crippen molar-refractivity contribution in [1.29, 1.82) is 0 Å². The highest BCUT2D eigenvalue weighted by Crippen LogP contribution is 2.20. The summed E-state index contributed by atoms with van der Waals surface area (Å²) in [5, 5.41) is 4.87. The van der Waals surface area contributed by atoms with Gasteiger partial charge >= 0.3 is 0 Å². The molecular formula is C12H16BrNO2S. The zero-order chi connectivity index (χ0) is 12.1. The molecule has 1 atom stereocenters. The van der Waals surface area contributed by atoms with Gasteiger partial charge in [0, 0.05) is 29.6 Å². The number of nitrogens with one attached hydrogen (secondary N) is 1. The van der Waals surface area contributed by atoms with E-state index < -0.39 is 0 Å². The number of rotatable bonds is 5. The van der Waals surface area contributed by atoms with Gasteiger partial charge in [-0.1, -0.05) is 0 Å². The van der Waals surface area contributed by atoms with Crippen LogP contribution in [0.4, 0.5) is 0 Å². The number of amides is 1. The highest BCUT2D eigenvalue weighted by atomic mass is 79.9. The van der Waals surface area contributed by atoms with E-state index in [1.165, 1.54) is 17.8 Å². The van der Waals surface area contributed by atoms with Crippen LogP contribution in [0.5, 0.6) is 0 Å². The maximum Gasteiger partial charge on any atom is 0.261 e. The Balaban J connectivity index is 1.63. The molecule has 0 bridgehead atoms. The van der Waals surface area contributed by atoms with E-state index in [0.29, 0.717) is 5.92 Å². The third-order valence-corrected chi connectivity index (χ3v) is 4.58. The highest BCUT2D eigenvalue weighted by molar-refractivity contribution is 9.10. The van der Waals surface area contributed by atoms with E-state index in [1.807, 2.05) is 11.4 Å². The standard InChI is InChI=1S/C12H16BrNO2S/c13-10-6-11(17-8-10)12(15)14-4-1-2-9-3-5-16-7-9/h6,8-9H,1-5,7H2,(H,14,15). The number of thiophene rings is 1. The van der Waals surface area contributed by atoms with E-state index in [2.05, 4.69) is 21.2 Å². The maximum absolute atomic E-state index is 11.7. The van der Waals surface area contributed by atoms with Crippen LogP contribution in [0.25, 0.3) is 0 Å². The second-order valence-electron chi connectivity index (χ2n) is 4.26. The lowest BCUT2D eigenvalue weighted by atomic mass is 10.0. The van der Waals surface area contributed by atoms with Crippen molar-refractivity contribution in [1.82, 2.24) is 5.32 Å². The number of carbonyl (C=O) groups is 1. The van der Waals surface area contributed by atoms with Gasteiger partial charge in [-0.3, -0.25) is 4.79 Å². The van der Waals surface area contributed by atoms with Gasteiger partial charge in [-0.05, 0) is 47.2 Å². The third-order valence-electron chi connectivity index (χ3n) is 2.89. The summed E-state index contributed by atoms with van der Waals surface area (Å²) in [6.45, 7) is 2.55. The Morgan fingerprint density at radius 3 is 3.18 bits per heavy atom. The van der Waals surface area contributed by atoms with E-state index in [4.69, 9.17) is 4.74 Å². The SMILES string of the molecule is O=C(NCCCC1CCOC1)c1cc(Br)cs1. The van der Waals surface area contributed by atoms with Gasteiger partial charge in [-0.2, -0.15) is 0 Å². The van der Waals surface area contributed by atoms with Crippen molar-refractivity contribution in [2.24, 2.45) is 5.92 Å². The predicted molar refractivity (Wildman–Crippen MR) is 72.5 cm³/mol. The summed E-state index contributed by atoms with van der Waals surface area (Å²) in [7, 11) is 0. The second kappa shape index (κ2) is 6.52. The monoisotopic (exact) mass is 317 g/mol. The Bertz CT molecular complexity index is 374. The first kappa shape index (κ1) is 13.1. The summed E-state index contributed by atoms with van der Waals surface area (Å²) in [4.78, 5) is 12.5. The minimum atomic E-state index is 0.0309. The molecule has 5 heteroatoms. The predicted octanol–water partition coefficient (Wildman–Crippen LogP) is 3.06. The molecule has 1 unspecified atom stereocenters. The van der Waals surface area contributed by atoms with Gasteiger partial charge in [0.15, 0.2) is 0 Å². The lowest BCUT2D eigenvalue weighted by Crippen LogP contribution is -2.24. The molecule has 0 saturated carbocycles. The summed E-state index contributed by atoms with van der Waals surface area (Å²) in [5.74, 6) is 0.728. The molecule has 1 aliphatic heterocycles. The molecule has 0 aliphatic carbocycles. The minimum absolute atomic E-state index is 0.0309. The molecule has 17 heavy (non-hydrogen) atoms. The molecule has 3 nitrogen and oxygen atoms in total. The van der Waals surface area contributed by atoms with Crippen LogP contribution in [0.3, 0.4) is 0 Å². The zero-order valence-electron chi connectivity index (χ0n) is 9.58. The average Bonchev–Trinajstić information content (AvgIpc) is 2.95. The van der Waals surface area contributed by atoms with Crippen LogP contribution in [-0.2, 0) is 4.74 Å². The first-order chi connectivity index (χ1) is 8.25. The van der Waals surface area contributed by atoms with E-state index in [9.17, 15) is 4.79 Å². The van der Waals surface area contributed by atoms with Crippen molar-refractivity contribution in [3.63, 3.8) is 0 Å². The van der Waals surface area contributed by atoms with Crippen molar-refractivity contribution in [2.45, 2.75) is 19.3 Å². The third kappa shape index (κ3) is 4.08. The van der Waals surface area contributed by atoms with Crippen molar-refractivity contribution < 1.29 is 9.53 Å². The first-order valence-corrected chi connectivity index (χ1v) is 7.53. The summed E-state index contributed by atoms with van der Waals surface area (Å²) < 4.78 is 6.28. The van der Waals surface area contributed by atoms with E-state index >= 15 is 0 Å². The summed E-state index contributed by atoms with van der Waals surface area (Å²) in [5.41, 5.74) is 0. The fourth-order valence-electron chi connectivity index (χ4n) is 1.92. The molecule has 2 heterocycles. The van der Waals surface area contributed by atoms with Crippen molar-refractivity contribution in [3.8, 4) is 0 Å². The Labute approximate surface area is 114 Å². The fraction of sp³-hybridized carbons (Fsp3) is 0.583. The average molecular weight is 318 g/mol. The molecule has 2 rings (SSSR count). The van der Waals surface area contributed by atoms with Crippen LogP contribution >= 0.6 is 27.3 Å². The summed E-state index contributed by atoms with van der Waals surface area (Å²) >= 11 is 4.81. The maximum atomic E-state index is 11.7. The van der Waals surface area contributed by atoms with Crippen LogP contribution < -0.4 is 5.32 Å². The zero-order valence-corrected chi connectivity index (χ0v) is 12.0. The molecule has 1 fully saturated rings. The van der Waals surface area contributed by atoms with Gasteiger partial charge in [-0.15, -0.1) is 11.3 Å². The highest BCUT2D eigenvalue weighted by Gasteiger charge is 2.15. The minimum Gasteiger partial charge on any atom is -0.381 e. The number of halogens is 1. The molecule has 0 aromatic carbocycles. The van der Waals surface area contributed by atoms with Crippen LogP contribution in [0, 0.1) is 5.92 Å². The molecule has 1 aromatic heterocycles. The Hall–Kier alpha value is -0.390. The van der Waals surface area contributed by atoms with Crippen LogP contribution in [-0.4, -0.2) is 25.7 Å². The van der Waals surface area contributed by atoms with Crippen LogP contribution in [0.1, 0.15) is 28.9 Å². The lowest BCUT2D eigenvalue weighted by Gasteiger charge is -2.07. The Kier molecular flexibility index (Phi) is 5.00. The number of ether oxygens (including phenoxy) is 1.